The number of thiazole rings is 1. The number of nitrogens with zero attached hydrogens (tertiary/aromatic N) is 2. The van der Waals surface area contributed by atoms with E-state index in [0.29, 0.717) is 10.8 Å². The summed E-state index contributed by atoms with van der Waals surface area (Å²) in [6.45, 7) is 1.85. The molecular formula is C20H20FN3O4S2. The predicted molar refractivity (Wildman–Crippen MR) is 114 cm³/mol. The van der Waals surface area contributed by atoms with E-state index >= 15 is 0 Å². The fourth-order valence-electron chi connectivity index (χ4n) is 2.71. The second kappa shape index (κ2) is 8.50. The van der Waals surface area contributed by atoms with E-state index in [0.717, 1.165) is 14.7 Å². The first-order chi connectivity index (χ1) is 14.1. The van der Waals surface area contributed by atoms with Crippen molar-refractivity contribution in [2.75, 3.05) is 26.5 Å². The fraction of sp³-hybridized carbons (Fsp3) is 0.200. The van der Waals surface area contributed by atoms with E-state index in [-0.39, 0.29) is 22.0 Å². The standard InChI is InChI=1S/C20H20FN3O4S2/c1-12-18(13-5-8-15(21)9-6-13)22-20(29-12)23-19(25)14-7-10-16(28-4)17(11-14)30(26,27)24(2)3/h5-11H,1-4H3,(H,22,23,25). The van der Waals surface area contributed by atoms with Crippen LogP contribution in [-0.4, -0.2) is 44.8 Å². The Balaban J connectivity index is 1.90. The molecule has 1 aromatic heterocycles. The molecule has 0 spiro atoms. The number of hydrogen-bond acceptors (Lipinski definition) is 6. The van der Waals surface area contributed by atoms with E-state index in [1.807, 2.05) is 6.92 Å². The highest BCUT2D eigenvalue weighted by Gasteiger charge is 2.24. The highest BCUT2D eigenvalue weighted by atomic mass is 32.2. The Hall–Kier alpha value is -2.82. The number of rotatable bonds is 6. The number of anilines is 1. The maximum Gasteiger partial charge on any atom is 0.257 e. The van der Waals surface area contributed by atoms with Crippen molar-refractivity contribution in [3.05, 3.63) is 58.7 Å². The smallest absolute Gasteiger partial charge is 0.257 e. The van der Waals surface area contributed by atoms with Crippen LogP contribution in [-0.2, 0) is 10.0 Å². The number of ether oxygens (including phenoxy) is 1. The van der Waals surface area contributed by atoms with Gasteiger partial charge >= 0.3 is 0 Å². The Bertz CT molecular complexity index is 1190. The number of aryl methyl sites for hydroxylation is 1. The molecule has 1 N–H and O–H groups in total. The summed E-state index contributed by atoms with van der Waals surface area (Å²) in [5, 5.41) is 3.04. The van der Waals surface area contributed by atoms with E-state index in [2.05, 4.69) is 10.3 Å². The summed E-state index contributed by atoms with van der Waals surface area (Å²) >= 11 is 1.27. The first-order valence-electron chi connectivity index (χ1n) is 8.78. The van der Waals surface area contributed by atoms with Crippen LogP contribution in [0, 0.1) is 12.7 Å². The number of carbonyl (C=O) groups excluding carboxylic acids is 1. The van der Waals surface area contributed by atoms with Crippen molar-refractivity contribution in [2.24, 2.45) is 0 Å². The van der Waals surface area contributed by atoms with Gasteiger partial charge in [0.1, 0.15) is 16.5 Å². The van der Waals surface area contributed by atoms with Gasteiger partial charge in [0.15, 0.2) is 5.13 Å². The number of nitrogens with one attached hydrogen (secondary N) is 1. The molecule has 1 heterocycles. The summed E-state index contributed by atoms with van der Waals surface area (Å²) in [7, 11) is 0.353. The molecule has 0 aliphatic carbocycles. The predicted octanol–water partition coefficient (Wildman–Crippen LogP) is 3.77. The first kappa shape index (κ1) is 21.9. The van der Waals surface area contributed by atoms with Gasteiger partial charge in [-0.1, -0.05) is 0 Å². The third-order valence-electron chi connectivity index (χ3n) is 4.32. The van der Waals surface area contributed by atoms with E-state index in [1.165, 1.54) is 62.9 Å². The van der Waals surface area contributed by atoms with Crippen LogP contribution in [0.4, 0.5) is 9.52 Å². The molecule has 0 radical (unpaired) electrons. The van der Waals surface area contributed by atoms with Crippen LogP contribution >= 0.6 is 11.3 Å². The minimum Gasteiger partial charge on any atom is -0.495 e. The Morgan fingerprint density at radius 3 is 2.43 bits per heavy atom. The summed E-state index contributed by atoms with van der Waals surface area (Å²) in [5.41, 5.74) is 1.52. The topological polar surface area (TPSA) is 88.6 Å². The van der Waals surface area contributed by atoms with Crippen LogP contribution in [0.3, 0.4) is 0 Å². The molecule has 10 heteroatoms. The number of carbonyl (C=O) groups is 1. The van der Waals surface area contributed by atoms with Crippen LogP contribution in [0.2, 0.25) is 0 Å². The van der Waals surface area contributed by atoms with Gasteiger partial charge in [-0.05, 0) is 49.4 Å². The van der Waals surface area contributed by atoms with Gasteiger partial charge in [0.25, 0.3) is 5.91 Å². The lowest BCUT2D eigenvalue weighted by Crippen LogP contribution is -2.23. The van der Waals surface area contributed by atoms with Gasteiger partial charge in [-0.2, -0.15) is 0 Å². The monoisotopic (exact) mass is 449 g/mol. The molecule has 0 bridgehead atoms. The quantitative estimate of drug-likeness (QED) is 0.619. The zero-order valence-electron chi connectivity index (χ0n) is 16.8. The van der Waals surface area contributed by atoms with Crippen molar-refractivity contribution in [3.8, 4) is 17.0 Å². The molecule has 0 unspecified atom stereocenters. The third kappa shape index (κ3) is 4.35. The summed E-state index contributed by atoms with van der Waals surface area (Å²) in [6, 6.07) is 10.1. The van der Waals surface area contributed by atoms with Crippen LogP contribution in [0.1, 0.15) is 15.2 Å². The minimum absolute atomic E-state index is 0.107. The van der Waals surface area contributed by atoms with Gasteiger partial charge in [-0.15, -0.1) is 11.3 Å². The summed E-state index contributed by atoms with van der Waals surface area (Å²) in [4.78, 5) is 17.9. The molecular weight excluding hydrogens is 429 g/mol. The van der Waals surface area contributed by atoms with Crippen LogP contribution < -0.4 is 10.1 Å². The lowest BCUT2D eigenvalue weighted by Gasteiger charge is -2.15. The zero-order chi connectivity index (χ0) is 22.1. The van der Waals surface area contributed by atoms with Crippen molar-refractivity contribution in [2.45, 2.75) is 11.8 Å². The fourth-order valence-corrected chi connectivity index (χ4v) is 4.62. The van der Waals surface area contributed by atoms with E-state index in [1.54, 1.807) is 12.1 Å². The van der Waals surface area contributed by atoms with E-state index in [4.69, 9.17) is 4.74 Å². The molecule has 7 nitrogen and oxygen atoms in total. The van der Waals surface area contributed by atoms with Gasteiger partial charge in [-0.25, -0.2) is 22.1 Å². The maximum absolute atomic E-state index is 13.2. The second-order valence-corrected chi connectivity index (χ2v) is 9.86. The number of benzene rings is 2. The summed E-state index contributed by atoms with van der Waals surface area (Å²) in [5.74, 6) is -0.709. The number of hydrogen-bond donors (Lipinski definition) is 1. The van der Waals surface area contributed by atoms with Gasteiger partial charge in [0.2, 0.25) is 10.0 Å². The van der Waals surface area contributed by atoms with E-state index in [9.17, 15) is 17.6 Å². The first-order valence-corrected chi connectivity index (χ1v) is 11.0. The van der Waals surface area contributed by atoms with Crippen molar-refractivity contribution in [3.63, 3.8) is 0 Å². The highest BCUT2D eigenvalue weighted by molar-refractivity contribution is 7.89. The average molecular weight is 450 g/mol. The summed E-state index contributed by atoms with van der Waals surface area (Å²) in [6.07, 6.45) is 0. The third-order valence-corrected chi connectivity index (χ3v) is 7.04. The Morgan fingerprint density at radius 2 is 1.83 bits per heavy atom. The van der Waals surface area contributed by atoms with Crippen molar-refractivity contribution < 1.29 is 22.3 Å². The van der Waals surface area contributed by atoms with Crippen LogP contribution in [0.25, 0.3) is 11.3 Å². The SMILES string of the molecule is COc1ccc(C(=O)Nc2nc(-c3ccc(F)cc3)c(C)s2)cc1S(=O)(=O)N(C)C. The largest absolute Gasteiger partial charge is 0.495 e. The zero-order valence-corrected chi connectivity index (χ0v) is 18.4. The maximum atomic E-state index is 13.2. The lowest BCUT2D eigenvalue weighted by molar-refractivity contribution is 0.102. The minimum atomic E-state index is -3.81. The molecule has 0 aliphatic rings. The highest BCUT2D eigenvalue weighted by Crippen LogP contribution is 2.31. The molecule has 0 saturated carbocycles. The van der Waals surface area contributed by atoms with Gasteiger partial charge < -0.3 is 4.74 Å². The number of aromatic nitrogens is 1. The number of sulfonamides is 1. The average Bonchev–Trinajstić information content (AvgIpc) is 3.07. The van der Waals surface area contributed by atoms with Gasteiger partial charge in [-0.3, -0.25) is 10.1 Å². The number of amides is 1. The molecule has 0 saturated heterocycles. The summed E-state index contributed by atoms with van der Waals surface area (Å²) < 4.78 is 44.4. The van der Waals surface area contributed by atoms with E-state index < -0.39 is 15.9 Å². The lowest BCUT2D eigenvalue weighted by atomic mass is 10.1. The van der Waals surface area contributed by atoms with Crippen molar-refractivity contribution in [1.29, 1.82) is 0 Å². The molecule has 0 aliphatic heterocycles. The Kier molecular flexibility index (Phi) is 6.20. The molecule has 2 aromatic carbocycles. The Morgan fingerprint density at radius 1 is 1.17 bits per heavy atom. The molecule has 3 aromatic rings. The van der Waals surface area contributed by atoms with Gasteiger partial charge in [0, 0.05) is 30.1 Å². The normalized spacial score (nSPS) is 11.5. The number of methoxy groups -OCH3 is 1. The van der Waals surface area contributed by atoms with Crippen LogP contribution in [0.5, 0.6) is 5.75 Å². The van der Waals surface area contributed by atoms with Crippen LogP contribution in [0.15, 0.2) is 47.4 Å². The van der Waals surface area contributed by atoms with Crippen molar-refractivity contribution in [1.82, 2.24) is 9.29 Å². The Labute approximate surface area is 178 Å². The molecule has 3 rings (SSSR count). The molecule has 0 atom stereocenters. The molecule has 158 valence electrons. The molecule has 30 heavy (non-hydrogen) atoms. The molecule has 0 fully saturated rings. The number of halogens is 1. The second-order valence-electron chi connectivity index (χ2n) is 6.54. The van der Waals surface area contributed by atoms with Crippen molar-refractivity contribution >= 4 is 32.4 Å². The molecule has 1 amide bonds. The van der Waals surface area contributed by atoms with Gasteiger partial charge in [0.05, 0.1) is 12.8 Å².